The van der Waals surface area contributed by atoms with Crippen LogP contribution in [0.2, 0.25) is 8.26 Å². The first-order chi connectivity index (χ1) is 25.6. The van der Waals surface area contributed by atoms with E-state index < -0.39 is 20.3 Å². The van der Waals surface area contributed by atoms with Crippen molar-refractivity contribution in [1.29, 1.82) is 0 Å². The second kappa shape index (κ2) is 13.5. The van der Waals surface area contributed by atoms with Gasteiger partial charge in [0.1, 0.15) is 0 Å². The van der Waals surface area contributed by atoms with Crippen LogP contribution in [0.15, 0.2) is 157 Å². The van der Waals surface area contributed by atoms with Gasteiger partial charge in [-0.25, -0.2) is 0 Å². The Morgan fingerprint density at radius 1 is 0.426 bits per heavy atom. The molecule has 8 aromatic rings. The molecule has 1 saturated heterocycles. The van der Waals surface area contributed by atoms with Gasteiger partial charge in [0, 0.05) is 0 Å². The Balaban J connectivity index is 0.00000192. The second-order valence-corrected chi connectivity index (χ2v) is 27.1. The average molecular weight is 815 g/mol. The van der Waals surface area contributed by atoms with Gasteiger partial charge in [-0.2, -0.15) is 0 Å². The van der Waals surface area contributed by atoms with E-state index in [1.54, 1.807) is 22.3 Å². The molecule has 2 aliphatic carbocycles. The van der Waals surface area contributed by atoms with Crippen molar-refractivity contribution in [2.24, 2.45) is 0 Å². The van der Waals surface area contributed by atoms with Crippen LogP contribution in [0.25, 0.3) is 77.5 Å². The standard InChI is InChI=1S/2C24H17.C3H6.2ClH.Zr/c2*1-16-13-17-9-6-12-22(23(17)14-16)24-20-10-4-2-7-18(20)15-19-8-3-5-11-21(19)24;1-3-2;;;/h2*2-15H,1H3;1-3H2;2*1H;/q;;;;;+2/p-2. The molecule has 11 rings (SSSR count). The smallest absolute Gasteiger partial charge is 1.00 e. The van der Waals surface area contributed by atoms with E-state index >= 15 is 0 Å². The molecule has 2 unspecified atom stereocenters. The zero-order chi connectivity index (χ0) is 34.6. The molecule has 54 heavy (non-hydrogen) atoms. The molecule has 0 spiro atoms. The van der Waals surface area contributed by atoms with E-state index in [2.05, 4.69) is 172 Å². The third kappa shape index (κ3) is 5.05. The summed E-state index contributed by atoms with van der Waals surface area (Å²) in [7, 11) is 0. The summed E-state index contributed by atoms with van der Waals surface area (Å²) in [6.45, 7) is 4.94. The first-order valence-electron chi connectivity index (χ1n) is 19.0. The Hall–Kier alpha value is -4.26. The van der Waals surface area contributed by atoms with Crippen LogP contribution in [0.5, 0.6) is 0 Å². The van der Waals surface area contributed by atoms with Crippen LogP contribution in [0.3, 0.4) is 0 Å². The van der Waals surface area contributed by atoms with E-state index in [-0.39, 0.29) is 24.8 Å². The molecule has 262 valence electrons. The van der Waals surface area contributed by atoms with Crippen molar-refractivity contribution in [2.45, 2.75) is 35.8 Å². The van der Waals surface area contributed by atoms with E-state index in [0.717, 1.165) is 0 Å². The first-order valence-corrected chi connectivity index (χ1v) is 25.4. The predicted molar refractivity (Wildman–Crippen MR) is 221 cm³/mol. The van der Waals surface area contributed by atoms with Gasteiger partial charge in [0.2, 0.25) is 0 Å². The van der Waals surface area contributed by atoms with E-state index in [0.29, 0.717) is 7.25 Å². The fourth-order valence-electron chi connectivity index (χ4n) is 11.0. The van der Waals surface area contributed by atoms with Crippen molar-refractivity contribution in [3.8, 4) is 22.3 Å². The molecule has 1 aliphatic heterocycles. The van der Waals surface area contributed by atoms with Gasteiger partial charge in [-0.05, 0) is 0 Å². The largest absolute Gasteiger partial charge is 1.00 e. The van der Waals surface area contributed by atoms with Crippen LogP contribution in [0.1, 0.15) is 49.8 Å². The molecule has 0 N–H and O–H groups in total. The SMILES string of the molecule is CC1=Cc2c(-c3c4ccccc4cc4ccccc34)cccc2[CH]1[Zr+2]1([CH]2C(C)=Cc3c(-c4c5ccccc5cc5ccccc45)cccc32)[CH2]C[CH2]1.[Cl-].[Cl-]. The molecule has 0 amide bonds. The van der Waals surface area contributed by atoms with Crippen molar-refractivity contribution < 1.29 is 45.1 Å². The van der Waals surface area contributed by atoms with Gasteiger partial charge in [0.15, 0.2) is 0 Å². The Kier molecular flexibility index (Phi) is 8.86. The molecule has 0 bridgehead atoms. The maximum Gasteiger partial charge on any atom is -1.00 e. The quantitative estimate of drug-likeness (QED) is 0.156. The van der Waals surface area contributed by atoms with Gasteiger partial charge in [-0.3, -0.25) is 0 Å². The fraction of sp³-hybridized carbons (Fsp3) is 0.137. The monoisotopic (exact) mass is 812 g/mol. The summed E-state index contributed by atoms with van der Waals surface area (Å²) in [5.74, 6) is 0. The maximum atomic E-state index is 2.61. The topological polar surface area (TPSA) is 0 Å². The first kappa shape index (κ1) is 35.4. The zero-order valence-electron chi connectivity index (χ0n) is 30.5. The number of allylic oxidation sites excluding steroid dienone is 2. The third-order valence-corrected chi connectivity index (χ3v) is 28.8. The van der Waals surface area contributed by atoms with E-state index in [1.807, 2.05) is 0 Å². The third-order valence-electron chi connectivity index (χ3n) is 13.1. The summed E-state index contributed by atoms with van der Waals surface area (Å²) in [4.78, 5) is 0. The van der Waals surface area contributed by atoms with Gasteiger partial charge >= 0.3 is 313 Å². The van der Waals surface area contributed by atoms with Crippen molar-refractivity contribution >= 4 is 55.2 Å². The van der Waals surface area contributed by atoms with Crippen LogP contribution in [-0.4, -0.2) is 0 Å². The summed E-state index contributed by atoms with van der Waals surface area (Å²) in [5.41, 5.74) is 15.0. The summed E-state index contributed by atoms with van der Waals surface area (Å²) in [6, 6.07) is 55.2. The molecule has 3 aliphatic rings. The molecule has 0 nitrogen and oxygen atoms in total. The summed E-state index contributed by atoms with van der Waals surface area (Å²) >= 11 is -2.96. The molecule has 0 radical (unpaired) electrons. The van der Waals surface area contributed by atoms with Crippen molar-refractivity contribution in [1.82, 2.24) is 0 Å². The summed E-state index contributed by atoms with van der Waals surface area (Å²) in [6.07, 6.45) is 6.60. The minimum atomic E-state index is -2.96. The molecule has 3 heteroatoms. The van der Waals surface area contributed by atoms with Crippen LogP contribution in [0, 0.1) is 0 Å². The Morgan fingerprint density at radius 2 is 0.778 bits per heavy atom. The van der Waals surface area contributed by atoms with Gasteiger partial charge in [-0.1, -0.05) is 0 Å². The van der Waals surface area contributed by atoms with E-state index in [1.165, 1.54) is 91.1 Å². The van der Waals surface area contributed by atoms with E-state index in [4.69, 9.17) is 0 Å². The molecule has 0 saturated carbocycles. The second-order valence-electron chi connectivity index (χ2n) is 15.7. The number of benzene rings is 8. The minimum absolute atomic E-state index is 0. The molecule has 2 atom stereocenters. The summed E-state index contributed by atoms with van der Waals surface area (Å²) < 4.78 is 4.12. The molecule has 0 aromatic heterocycles. The number of hydrogen-bond acceptors (Lipinski definition) is 0. The van der Waals surface area contributed by atoms with Gasteiger partial charge in [0.05, 0.1) is 0 Å². The van der Waals surface area contributed by atoms with Crippen LogP contribution in [0.4, 0.5) is 0 Å². The average Bonchev–Trinajstić information content (AvgIpc) is 3.68. The van der Waals surface area contributed by atoms with Gasteiger partial charge in [-0.15, -0.1) is 0 Å². The molecule has 1 heterocycles. The molecular weight excluding hydrogens is 775 g/mol. The van der Waals surface area contributed by atoms with Crippen LogP contribution >= 0.6 is 0 Å². The Labute approximate surface area is 334 Å². The maximum absolute atomic E-state index is 2.96. The summed E-state index contributed by atoms with van der Waals surface area (Å²) in [5, 5.41) is 10.7. The number of fused-ring (bicyclic) bond motifs is 6. The van der Waals surface area contributed by atoms with Gasteiger partial charge in [0.25, 0.3) is 0 Å². The normalized spacial score (nSPS) is 17.4. The fourth-order valence-corrected chi connectivity index (χ4v) is 26.7. The van der Waals surface area contributed by atoms with Crippen LogP contribution < -0.4 is 24.8 Å². The van der Waals surface area contributed by atoms with Crippen LogP contribution in [-0.2, 0) is 20.3 Å². The van der Waals surface area contributed by atoms with Crippen molar-refractivity contribution in [2.75, 3.05) is 0 Å². The van der Waals surface area contributed by atoms with Crippen molar-refractivity contribution in [3.63, 3.8) is 0 Å². The number of rotatable bonds is 4. The van der Waals surface area contributed by atoms with Gasteiger partial charge < -0.3 is 24.8 Å². The number of hydrogen-bond donors (Lipinski definition) is 0. The van der Waals surface area contributed by atoms with Crippen molar-refractivity contribution in [3.05, 3.63) is 179 Å². The predicted octanol–water partition coefficient (Wildman–Crippen LogP) is 8.65. The zero-order valence-corrected chi connectivity index (χ0v) is 34.5. The number of halogens is 2. The Morgan fingerprint density at radius 3 is 1.11 bits per heavy atom. The molecular formula is C51H40Cl2Zr. The molecule has 8 aromatic carbocycles. The Bertz CT molecular complexity index is 2580. The minimum Gasteiger partial charge on any atom is -1.00 e. The molecule has 1 fully saturated rings. The van der Waals surface area contributed by atoms with E-state index in [9.17, 15) is 0 Å².